The van der Waals surface area contributed by atoms with Crippen LogP contribution in [-0.4, -0.2) is 0 Å². The van der Waals surface area contributed by atoms with Crippen molar-refractivity contribution >= 4 is 56.1 Å². The topological polar surface area (TPSA) is 19.6 Å². The Kier molecular flexibility index (Phi) is 6.99. The molecule has 10 aromatic rings. The lowest BCUT2D eigenvalue weighted by atomic mass is 9.64. The van der Waals surface area contributed by atoms with Crippen LogP contribution in [-0.2, 0) is 10.8 Å². The van der Waals surface area contributed by atoms with Gasteiger partial charge in [0.1, 0.15) is 11.2 Å². The third-order valence-electron chi connectivity index (χ3n) is 13.8. The van der Waals surface area contributed by atoms with E-state index >= 15 is 0 Å². The number of para-hydroxylation sites is 4. The molecule has 0 saturated heterocycles. The molecule has 2 heterocycles. The van der Waals surface area contributed by atoms with Crippen LogP contribution in [0.25, 0.3) is 44.2 Å². The molecule has 0 unspecified atom stereocenters. The molecule has 3 aliphatic rings. The fraction of sp³-hybridized carbons (Fsp3) is 0.0690. The lowest BCUT2D eigenvalue weighted by Crippen LogP contribution is -2.36. The average molecular weight is 781 g/mol. The molecule has 0 amide bonds. The third kappa shape index (κ3) is 4.58. The van der Waals surface area contributed by atoms with E-state index in [0.29, 0.717) is 0 Å². The minimum absolute atomic E-state index is 0.151. The SMILES string of the molecule is CC1(C)c2ccccc2-c2ccc(N(c3ccc4c(c3)C3(c5ccccc5-4)c4ccccc4N(c4ccccc4)c4ccccc43)c3ccc4oc5ccccc5c4c3)cc21. The molecule has 1 aliphatic heterocycles. The highest BCUT2D eigenvalue weighted by atomic mass is 16.3. The van der Waals surface area contributed by atoms with Gasteiger partial charge in [-0.25, -0.2) is 0 Å². The zero-order chi connectivity index (χ0) is 40.5. The number of nitrogens with zero attached hydrogens (tertiary/aromatic N) is 2. The Morgan fingerprint density at radius 3 is 1.59 bits per heavy atom. The van der Waals surface area contributed by atoms with Gasteiger partial charge in [0, 0.05) is 38.9 Å². The summed E-state index contributed by atoms with van der Waals surface area (Å²) in [6, 6.07) is 76.2. The number of hydrogen-bond acceptors (Lipinski definition) is 3. The van der Waals surface area contributed by atoms with E-state index in [0.717, 1.165) is 44.7 Å². The van der Waals surface area contributed by atoms with Crippen molar-refractivity contribution in [1.29, 1.82) is 0 Å². The molecule has 9 aromatic carbocycles. The van der Waals surface area contributed by atoms with Crippen molar-refractivity contribution in [2.24, 2.45) is 0 Å². The van der Waals surface area contributed by atoms with Gasteiger partial charge < -0.3 is 14.2 Å². The first-order chi connectivity index (χ1) is 30.0. The fourth-order valence-electron chi connectivity index (χ4n) is 11.2. The minimum Gasteiger partial charge on any atom is -0.456 e. The van der Waals surface area contributed by atoms with Crippen LogP contribution in [0.4, 0.5) is 34.1 Å². The first-order valence-electron chi connectivity index (χ1n) is 21.3. The molecule has 288 valence electrons. The molecule has 1 aromatic heterocycles. The van der Waals surface area contributed by atoms with E-state index in [1.54, 1.807) is 0 Å². The van der Waals surface area contributed by atoms with Crippen LogP contribution in [0.2, 0.25) is 0 Å². The summed E-state index contributed by atoms with van der Waals surface area (Å²) in [4.78, 5) is 4.91. The van der Waals surface area contributed by atoms with Crippen molar-refractivity contribution in [3.05, 3.63) is 240 Å². The number of furan rings is 1. The van der Waals surface area contributed by atoms with Gasteiger partial charge in [0.25, 0.3) is 0 Å². The van der Waals surface area contributed by atoms with E-state index in [9.17, 15) is 0 Å². The van der Waals surface area contributed by atoms with E-state index in [1.165, 1.54) is 67.0 Å². The molecular formula is C58H40N2O. The quantitative estimate of drug-likeness (QED) is 0.177. The van der Waals surface area contributed by atoms with Crippen molar-refractivity contribution in [3.63, 3.8) is 0 Å². The molecule has 0 radical (unpaired) electrons. The van der Waals surface area contributed by atoms with Gasteiger partial charge in [-0.2, -0.15) is 0 Å². The van der Waals surface area contributed by atoms with E-state index in [-0.39, 0.29) is 5.41 Å². The van der Waals surface area contributed by atoms with Gasteiger partial charge in [0.2, 0.25) is 0 Å². The van der Waals surface area contributed by atoms with Crippen LogP contribution < -0.4 is 9.80 Å². The van der Waals surface area contributed by atoms with Gasteiger partial charge in [-0.05, 0) is 128 Å². The van der Waals surface area contributed by atoms with Crippen LogP contribution in [0.1, 0.15) is 47.2 Å². The second kappa shape index (κ2) is 12.5. The Balaban J connectivity index is 1.09. The monoisotopic (exact) mass is 780 g/mol. The first kappa shape index (κ1) is 34.3. The Morgan fingerprint density at radius 2 is 0.869 bits per heavy atom. The predicted octanol–water partition coefficient (Wildman–Crippen LogP) is 15.5. The number of fused-ring (bicyclic) bond motifs is 15. The molecular weight excluding hydrogens is 741 g/mol. The second-order valence-electron chi connectivity index (χ2n) is 17.2. The third-order valence-corrected chi connectivity index (χ3v) is 13.8. The maximum absolute atomic E-state index is 6.38. The maximum atomic E-state index is 6.38. The molecule has 0 atom stereocenters. The highest BCUT2D eigenvalue weighted by Gasteiger charge is 2.52. The number of hydrogen-bond donors (Lipinski definition) is 0. The van der Waals surface area contributed by atoms with Crippen molar-refractivity contribution in [1.82, 2.24) is 0 Å². The summed E-state index contributed by atoms with van der Waals surface area (Å²) in [6.45, 7) is 4.73. The summed E-state index contributed by atoms with van der Waals surface area (Å²) in [5.74, 6) is 0. The van der Waals surface area contributed by atoms with Crippen molar-refractivity contribution in [2.75, 3.05) is 9.80 Å². The van der Waals surface area contributed by atoms with Gasteiger partial charge in [-0.1, -0.05) is 147 Å². The molecule has 2 aliphatic carbocycles. The van der Waals surface area contributed by atoms with E-state index in [1.807, 2.05) is 6.07 Å². The summed E-state index contributed by atoms with van der Waals surface area (Å²) >= 11 is 0. The summed E-state index contributed by atoms with van der Waals surface area (Å²) in [7, 11) is 0. The van der Waals surface area contributed by atoms with Crippen LogP contribution in [0.5, 0.6) is 0 Å². The molecule has 0 fully saturated rings. The molecule has 1 spiro atoms. The molecule has 13 rings (SSSR count). The molecule has 3 nitrogen and oxygen atoms in total. The summed E-state index contributed by atoms with van der Waals surface area (Å²) < 4.78 is 6.38. The standard InChI is InChI=1S/C58H40N2O/c1-57(2)47-21-9-6-18-41(47)43-31-28-39(35-51(43)57)59(38-30-33-56-46(34-38)45-20-8-15-27-55(45)61-56)40-29-32-44-42-19-7-10-22-48(42)58(52(44)36-40)49-23-11-13-25-53(49)60(37-16-4-3-5-17-37)54-26-14-12-24-50(54)58/h3-36H,1-2H3. The lowest BCUT2D eigenvalue weighted by Gasteiger charge is -2.45. The smallest absolute Gasteiger partial charge is 0.135 e. The van der Waals surface area contributed by atoms with Crippen LogP contribution in [0.3, 0.4) is 0 Å². The largest absolute Gasteiger partial charge is 0.456 e. The van der Waals surface area contributed by atoms with E-state index in [2.05, 4.69) is 224 Å². The maximum Gasteiger partial charge on any atom is 0.135 e. The summed E-state index contributed by atoms with van der Waals surface area (Å²) in [6.07, 6.45) is 0. The normalized spacial score (nSPS) is 14.6. The molecule has 3 heteroatoms. The first-order valence-corrected chi connectivity index (χ1v) is 21.3. The molecule has 0 N–H and O–H groups in total. The molecule has 0 saturated carbocycles. The van der Waals surface area contributed by atoms with Crippen molar-refractivity contribution in [3.8, 4) is 22.3 Å². The number of benzene rings is 9. The highest BCUT2D eigenvalue weighted by molar-refractivity contribution is 6.07. The van der Waals surface area contributed by atoms with Crippen LogP contribution in [0, 0.1) is 0 Å². The Bertz CT molecular complexity index is 3380. The van der Waals surface area contributed by atoms with Gasteiger partial charge >= 0.3 is 0 Å². The lowest BCUT2D eigenvalue weighted by molar-refractivity contribution is 0.660. The van der Waals surface area contributed by atoms with Gasteiger partial charge in [-0.15, -0.1) is 0 Å². The fourth-order valence-corrected chi connectivity index (χ4v) is 11.2. The highest BCUT2D eigenvalue weighted by Crippen LogP contribution is 2.64. The average Bonchev–Trinajstić information content (AvgIpc) is 3.90. The second-order valence-corrected chi connectivity index (χ2v) is 17.2. The van der Waals surface area contributed by atoms with E-state index < -0.39 is 5.41 Å². The van der Waals surface area contributed by atoms with Gasteiger partial charge in [0.15, 0.2) is 0 Å². The van der Waals surface area contributed by atoms with Crippen molar-refractivity contribution < 1.29 is 4.42 Å². The van der Waals surface area contributed by atoms with Crippen molar-refractivity contribution in [2.45, 2.75) is 24.7 Å². The molecule has 61 heavy (non-hydrogen) atoms. The minimum atomic E-state index is -0.571. The van der Waals surface area contributed by atoms with Gasteiger partial charge in [-0.3, -0.25) is 0 Å². The Morgan fingerprint density at radius 1 is 0.377 bits per heavy atom. The zero-order valence-corrected chi connectivity index (χ0v) is 33.9. The van der Waals surface area contributed by atoms with Gasteiger partial charge in [0.05, 0.1) is 16.8 Å². The summed E-state index contributed by atoms with van der Waals surface area (Å²) in [5.41, 5.74) is 20.9. The Labute approximate surface area is 355 Å². The van der Waals surface area contributed by atoms with Crippen LogP contribution >= 0.6 is 0 Å². The van der Waals surface area contributed by atoms with E-state index in [4.69, 9.17) is 4.42 Å². The number of anilines is 6. The zero-order valence-electron chi connectivity index (χ0n) is 33.9. The van der Waals surface area contributed by atoms with Crippen LogP contribution in [0.15, 0.2) is 211 Å². The molecule has 0 bridgehead atoms. The predicted molar refractivity (Wildman–Crippen MR) is 252 cm³/mol. The Hall–Kier alpha value is -7.62. The number of rotatable bonds is 4. The summed E-state index contributed by atoms with van der Waals surface area (Å²) in [5, 5.41) is 2.22.